The molecule has 0 saturated carbocycles. The molecule has 0 aliphatic heterocycles. The first kappa shape index (κ1) is 13.7. The topological polar surface area (TPSA) is 21.3 Å². The van der Waals surface area contributed by atoms with E-state index in [-0.39, 0.29) is 17.6 Å². The van der Waals surface area contributed by atoms with Gasteiger partial charge < -0.3 is 10.1 Å². The van der Waals surface area contributed by atoms with Crippen molar-refractivity contribution in [2.75, 3.05) is 14.2 Å². The molecule has 1 aromatic carbocycles. The molecule has 0 bridgehead atoms. The Bertz CT molecular complexity index is 390. The molecule has 2 nitrogen and oxygen atoms in total. The highest BCUT2D eigenvalue weighted by atomic mass is 19.1. The van der Waals surface area contributed by atoms with Crippen molar-refractivity contribution in [2.45, 2.75) is 25.8 Å². The first-order valence-electron chi connectivity index (χ1n) is 5.73. The molecule has 0 aliphatic carbocycles. The molecule has 0 aliphatic rings. The fourth-order valence-electron chi connectivity index (χ4n) is 1.76. The average Bonchev–Trinajstić information content (AvgIpc) is 2.31. The van der Waals surface area contributed by atoms with E-state index in [0.717, 1.165) is 24.0 Å². The van der Waals surface area contributed by atoms with Gasteiger partial charge in [0.1, 0.15) is 0 Å². The molecule has 1 rings (SSSR count). The molecule has 0 fully saturated rings. The minimum Gasteiger partial charge on any atom is -0.494 e. The number of rotatable bonds is 6. The van der Waals surface area contributed by atoms with Gasteiger partial charge >= 0.3 is 0 Å². The Hall–Kier alpha value is -1.35. The van der Waals surface area contributed by atoms with Gasteiger partial charge in [-0.1, -0.05) is 11.6 Å². The summed E-state index contributed by atoms with van der Waals surface area (Å²) < 4.78 is 18.3. The molecule has 0 radical (unpaired) electrons. The van der Waals surface area contributed by atoms with Gasteiger partial charge in [-0.3, -0.25) is 0 Å². The minimum absolute atomic E-state index is 0.196. The van der Waals surface area contributed by atoms with Crippen LogP contribution in [0, 0.1) is 5.82 Å². The molecular formula is C14H20FNO. The van der Waals surface area contributed by atoms with Crippen LogP contribution in [0.15, 0.2) is 30.4 Å². The van der Waals surface area contributed by atoms with Crippen LogP contribution in [0.5, 0.6) is 5.75 Å². The molecule has 0 amide bonds. The Morgan fingerprint density at radius 3 is 2.76 bits per heavy atom. The van der Waals surface area contributed by atoms with Crippen molar-refractivity contribution >= 4 is 0 Å². The summed E-state index contributed by atoms with van der Waals surface area (Å²) >= 11 is 0. The third-order valence-electron chi connectivity index (χ3n) is 2.79. The Morgan fingerprint density at radius 1 is 1.53 bits per heavy atom. The summed E-state index contributed by atoms with van der Waals surface area (Å²) in [6, 6.07) is 5.17. The third kappa shape index (κ3) is 3.86. The molecular weight excluding hydrogens is 217 g/mol. The van der Waals surface area contributed by atoms with E-state index < -0.39 is 0 Å². The summed E-state index contributed by atoms with van der Waals surface area (Å²) in [7, 11) is 3.38. The highest BCUT2D eigenvalue weighted by Crippen LogP contribution is 2.25. The smallest absolute Gasteiger partial charge is 0.165 e. The van der Waals surface area contributed by atoms with E-state index in [9.17, 15) is 4.39 Å². The van der Waals surface area contributed by atoms with Gasteiger partial charge in [-0.15, -0.1) is 6.58 Å². The Morgan fingerprint density at radius 2 is 2.24 bits per heavy atom. The molecule has 3 heteroatoms. The second-order valence-electron chi connectivity index (χ2n) is 4.23. The van der Waals surface area contributed by atoms with Gasteiger partial charge in [-0.25, -0.2) is 4.39 Å². The van der Waals surface area contributed by atoms with Crippen LogP contribution in [-0.2, 0) is 0 Å². The molecule has 0 aromatic heterocycles. The lowest BCUT2D eigenvalue weighted by Crippen LogP contribution is -2.16. The number of benzene rings is 1. The molecule has 17 heavy (non-hydrogen) atoms. The van der Waals surface area contributed by atoms with Crippen LogP contribution in [-0.4, -0.2) is 14.2 Å². The Balaban J connectivity index is 2.84. The number of allylic oxidation sites excluding steroid dienone is 1. The molecule has 0 spiro atoms. The van der Waals surface area contributed by atoms with Crippen molar-refractivity contribution in [3.05, 3.63) is 41.7 Å². The second-order valence-corrected chi connectivity index (χ2v) is 4.23. The molecule has 1 aromatic rings. The zero-order valence-electron chi connectivity index (χ0n) is 10.7. The van der Waals surface area contributed by atoms with Crippen molar-refractivity contribution in [1.82, 2.24) is 5.32 Å². The highest BCUT2D eigenvalue weighted by molar-refractivity contribution is 5.32. The number of ether oxygens (including phenoxy) is 1. The zero-order valence-corrected chi connectivity index (χ0v) is 10.7. The van der Waals surface area contributed by atoms with Crippen LogP contribution in [0.4, 0.5) is 4.39 Å². The van der Waals surface area contributed by atoms with Crippen molar-refractivity contribution in [1.29, 1.82) is 0 Å². The lowest BCUT2D eigenvalue weighted by atomic mass is 10.00. The molecule has 0 heterocycles. The van der Waals surface area contributed by atoms with Gasteiger partial charge in [0.15, 0.2) is 11.6 Å². The third-order valence-corrected chi connectivity index (χ3v) is 2.79. The fraction of sp³-hybridized carbons (Fsp3) is 0.429. The van der Waals surface area contributed by atoms with Crippen molar-refractivity contribution < 1.29 is 9.13 Å². The number of hydrogen-bond donors (Lipinski definition) is 1. The van der Waals surface area contributed by atoms with Crippen LogP contribution in [0.3, 0.4) is 0 Å². The van der Waals surface area contributed by atoms with Crippen LogP contribution >= 0.6 is 0 Å². The van der Waals surface area contributed by atoms with E-state index in [1.165, 1.54) is 13.2 Å². The summed E-state index contributed by atoms with van der Waals surface area (Å²) in [6.07, 6.45) is 1.89. The predicted molar refractivity (Wildman–Crippen MR) is 68.8 cm³/mol. The van der Waals surface area contributed by atoms with Gasteiger partial charge in [0.25, 0.3) is 0 Å². The first-order valence-corrected chi connectivity index (χ1v) is 5.73. The van der Waals surface area contributed by atoms with E-state index in [1.807, 2.05) is 14.0 Å². The first-order chi connectivity index (χ1) is 8.08. The maximum atomic E-state index is 13.3. The van der Waals surface area contributed by atoms with Crippen LogP contribution in [0.2, 0.25) is 0 Å². The van der Waals surface area contributed by atoms with Gasteiger partial charge in [-0.05, 0) is 44.5 Å². The van der Waals surface area contributed by atoms with Gasteiger partial charge in [-0.2, -0.15) is 0 Å². The monoisotopic (exact) mass is 237 g/mol. The predicted octanol–water partition coefficient (Wildman–Crippen LogP) is 3.45. The minimum atomic E-state index is -0.328. The Labute approximate surface area is 102 Å². The molecule has 1 unspecified atom stereocenters. The molecule has 1 N–H and O–H groups in total. The second kappa shape index (κ2) is 6.40. The highest BCUT2D eigenvalue weighted by Gasteiger charge is 2.12. The van der Waals surface area contributed by atoms with E-state index in [0.29, 0.717) is 0 Å². The standard InChI is InChI=1S/C14H20FNO/c1-10(2)5-8-13(16-3)11-6-7-12(15)14(9-11)17-4/h6-7,9,13,16H,1,5,8H2,2-4H3. The lowest BCUT2D eigenvalue weighted by Gasteiger charge is -2.17. The Kier molecular flexibility index (Phi) is 5.16. The summed E-state index contributed by atoms with van der Waals surface area (Å²) in [5.74, 6) is -0.0379. The summed E-state index contributed by atoms with van der Waals surface area (Å²) in [5.41, 5.74) is 2.19. The van der Waals surface area contributed by atoms with Crippen molar-refractivity contribution in [3.63, 3.8) is 0 Å². The van der Waals surface area contributed by atoms with Crippen molar-refractivity contribution in [3.8, 4) is 5.75 Å². The van der Waals surface area contributed by atoms with Crippen LogP contribution in [0.25, 0.3) is 0 Å². The van der Waals surface area contributed by atoms with E-state index >= 15 is 0 Å². The maximum absolute atomic E-state index is 13.3. The number of hydrogen-bond acceptors (Lipinski definition) is 2. The largest absolute Gasteiger partial charge is 0.494 e. The number of nitrogens with one attached hydrogen (secondary N) is 1. The molecule has 94 valence electrons. The SMILES string of the molecule is C=C(C)CCC(NC)c1ccc(F)c(OC)c1. The molecule has 1 atom stereocenters. The van der Waals surface area contributed by atoms with Gasteiger partial charge in [0.2, 0.25) is 0 Å². The van der Waals surface area contributed by atoms with Gasteiger partial charge in [0, 0.05) is 6.04 Å². The number of halogens is 1. The van der Waals surface area contributed by atoms with Crippen LogP contribution in [0.1, 0.15) is 31.4 Å². The average molecular weight is 237 g/mol. The fourth-order valence-corrected chi connectivity index (χ4v) is 1.76. The van der Waals surface area contributed by atoms with E-state index in [4.69, 9.17) is 4.74 Å². The zero-order chi connectivity index (χ0) is 12.8. The van der Waals surface area contributed by atoms with E-state index in [1.54, 1.807) is 12.1 Å². The molecule has 0 saturated heterocycles. The summed E-state index contributed by atoms with van der Waals surface area (Å²) in [4.78, 5) is 0. The number of methoxy groups -OCH3 is 1. The van der Waals surface area contributed by atoms with Crippen molar-refractivity contribution in [2.24, 2.45) is 0 Å². The lowest BCUT2D eigenvalue weighted by molar-refractivity contribution is 0.384. The maximum Gasteiger partial charge on any atom is 0.165 e. The summed E-state index contributed by atoms with van der Waals surface area (Å²) in [6.45, 7) is 5.90. The van der Waals surface area contributed by atoms with Gasteiger partial charge in [0.05, 0.1) is 7.11 Å². The summed E-state index contributed by atoms with van der Waals surface area (Å²) in [5, 5.41) is 3.23. The quantitative estimate of drug-likeness (QED) is 0.765. The normalized spacial score (nSPS) is 12.2. The van der Waals surface area contributed by atoms with E-state index in [2.05, 4.69) is 11.9 Å². The van der Waals surface area contributed by atoms with Crippen LogP contribution < -0.4 is 10.1 Å².